The van der Waals surface area contributed by atoms with E-state index in [1.165, 1.54) is 0 Å². The Morgan fingerprint density at radius 2 is 1.67 bits per heavy atom. The molecule has 1 amide bonds. The lowest BCUT2D eigenvalue weighted by Crippen LogP contribution is -2.35. The van der Waals surface area contributed by atoms with Crippen molar-refractivity contribution < 1.29 is 19.0 Å². The molecule has 0 radical (unpaired) electrons. The Labute approximate surface area is 126 Å². The van der Waals surface area contributed by atoms with E-state index in [2.05, 4.69) is 6.92 Å². The second-order valence-electron chi connectivity index (χ2n) is 4.97. The first-order valence-corrected chi connectivity index (χ1v) is 7.02. The summed E-state index contributed by atoms with van der Waals surface area (Å²) >= 11 is 0. The zero-order chi connectivity index (χ0) is 16.0. The number of nitrogens with zero attached hydrogens (tertiary/aromatic N) is 1. The van der Waals surface area contributed by atoms with E-state index in [9.17, 15) is 4.79 Å². The molecular formula is C16H25NO4. The zero-order valence-electron chi connectivity index (χ0n) is 13.7. The molecule has 0 aromatic heterocycles. The topological polar surface area (TPSA) is 48.0 Å². The lowest BCUT2D eigenvalue weighted by Gasteiger charge is -2.24. The Kier molecular flexibility index (Phi) is 6.34. The normalized spacial score (nSPS) is 11.7. The molecule has 21 heavy (non-hydrogen) atoms. The van der Waals surface area contributed by atoms with Crippen molar-refractivity contribution in [2.75, 3.05) is 28.4 Å². The van der Waals surface area contributed by atoms with E-state index in [0.29, 0.717) is 23.7 Å². The minimum atomic E-state index is 0.0682. The molecule has 0 bridgehead atoms. The summed E-state index contributed by atoms with van der Waals surface area (Å²) in [5.74, 6) is 1.72. The van der Waals surface area contributed by atoms with Gasteiger partial charge in [0.2, 0.25) is 11.7 Å². The van der Waals surface area contributed by atoms with Gasteiger partial charge in [0, 0.05) is 13.1 Å². The van der Waals surface area contributed by atoms with E-state index in [1.807, 2.05) is 26.1 Å². The Morgan fingerprint density at radius 1 is 1.14 bits per heavy atom. The monoisotopic (exact) mass is 295 g/mol. The average molecular weight is 295 g/mol. The zero-order valence-corrected chi connectivity index (χ0v) is 13.7. The lowest BCUT2D eigenvalue weighted by molar-refractivity contribution is -0.130. The van der Waals surface area contributed by atoms with Crippen molar-refractivity contribution in [1.29, 1.82) is 0 Å². The molecule has 0 heterocycles. The van der Waals surface area contributed by atoms with Gasteiger partial charge in [-0.15, -0.1) is 0 Å². The van der Waals surface area contributed by atoms with E-state index < -0.39 is 0 Å². The molecule has 1 unspecified atom stereocenters. The van der Waals surface area contributed by atoms with Crippen molar-refractivity contribution in [3.63, 3.8) is 0 Å². The lowest BCUT2D eigenvalue weighted by atomic mass is 10.1. The first-order valence-electron chi connectivity index (χ1n) is 7.02. The van der Waals surface area contributed by atoms with Gasteiger partial charge < -0.3 is 19.1 Å². The third-order valence-electron chi connectivity index (χ3n) is 3.73. The molecule has 1 aromatic carbocycles. The van der Waals surface area contributed by atoms with Crippen LogP contribution in [0.3, 0.4) is 0 Å². The van der Waals surface area contributed by atoms with Crippen molar-refractivity contribution in [3.8, 4) is 17.2 Å². The predicted molar refractivity (Wildman–Crippen MR) is 82.3 cm³/mol. The highest BCUT2D eigenvalue weighted by atomic mass is 16.5. The summed E-state index contributed by atoms with van der Waals surface area (Å²) in [6.45, 7) is 4.10. The van der Waals surface area contributed by atoms with Crippen LogP contribution < -0.4 is 14.2 Å². The molecule has 1 rings (SSSR count). The molecule has 0 aliphatic rings. The largest absolute Gasteiger partial charge is 0.493 e. The van der Waals surface area contributed by atoms with Gasteiger partial charge in [0.15, 0.2) is 11.5 Å². The highest BCUT2D eigenvalue weighted by Gasteiger charge is 2.18. The summed E-state index contributed by atoms with van der Waals surface area (Å²) in [6, 6.07) is 3.84. The second-order valence-corrected chi connectivity index (χ2v) is 4.97. The van der Waals surface area contributed by atoms with Crippen LogP contribution in [0.2, 0.25) is 0 Å². The van der Waals surface area contributed by atoms with E-state index in [0.717, 1.165) is 12.0 Å². The number of carbonyl (C=O) groups is 1. The highest BCUT2D eigenvalue weighted by Crippen LogP contribution is 2.38. The molecule has 0 spiro atoms. The van der Waals surface area contributed by atoms with Gasteiger partial charge in [0.25, 0.3) is 0 Å². The summed E-state index contributed by atoms with van der Waals surface area (Å²) in [4.78, 5) is 14.0. The van der Waals surface area contributed by atoms with Gasteiger partial charge in [-0.05, 0) is 31.0 Å². The highest BCUT2D eigenvalue weighted by molar-refractivity contribution is 5.79. The molecule has 5 heteroatoms. The Balaban J connectivity index is 3.01. The third-order valence-corrected chi connectivity index (χ3v) is 3.73. The summed E-state index contributed by atoms with van der Waals surface area (Å²) < 4.78 is 15.9. The van der Waals surface area contributed by atoms with Crippen molar-refractivity contribution >= 4 is 5.91 Å². The van der Waals surface area contributed by atoms with Gasteiger partial charge in [-0.1, -0.05) is 6.92 Å². The van der Waals surface area contributed by atoms with Crippen LogP contribution in [-0.2, 0) is 11.2 Å². The Hall–Kier alpha value is -1.91. The van der Waals surface area contributed by atoms with Gasteiger partial charge >= 0.3 is 0 Å². The van der Waals surface area contributed by atoms with Gasteiger partial charge in [-0.2, -0.15) is 0 Å². The Morgan fingerprint density at radius 3 is 2.05 bits per heavy atom. The van der Waals surface area contributed by atoms with Gasteiger partial charge in [0.1, 0.15) is 0 Å². The standard InChI is InChI=1S/C16H25NO4/c1-7-11(2)17(3)15(18)10-12-8-13(19-4)16(21-6)14(9-12)20-5/h8-9,11H,7,10H2,1-6H3. The molecule has 1 atom stereocenters. The molecule has 0 saturated carbocycles. The summed E-state index contributed by atoms with van der Waals surface area (Å²) in [5, 5.41) is 0. The molecule has 1 aromatic rings. The summed E-state index contributed by atoms with van der Waals surface area (Å²) in [6.07, 6.45) is 1.23. The van der Waals surface area contributed by atoms with Crippen LogP contribution >= 0.6 is 0 Å². The number of likely N-dealkylation sites (N-methyl/N-ethyl adjacent to an activating group) is 1. The molecular weight excluding hydrogens is 270 g/mol. The minimum absolute atomic E-state index is 0.0682. The number of methoxy groups -OCH3 is 3. The fourth-order valence-corrected chi connectivity index (χ4v) is 2.06. The number of hydrogen-bond acceptors (Lipinski definition) is 4. The molecule has 0 aliphatic heterocycles. The average Bonchev–Trinajstić information content (AvgIpc) is 2.51. The number of carbonyl (C=O) groups excluding carboxylic acids is 1. The maximum atomic E-state index is 12.3. The maximum Gasteiger partial charge on any atom is 0.226 e. The smallest absolute Gasteiger partial charge is 0.226 e. The molecule has 118 valence electrons. The van der Waals surface area contributed by atoms with Crippen molar-refractivity contribution in [1.82, 2.24) is 4.90 Å². The third kappa shape index (κ3) is 4.03. The van der Waals surface area contributed by atoms with E-state index in [-0.39, 0.29) is 11.9 Å². The molecule has 5 nitrogen and oxygen atoms in total. The Bertz CT molecular complexity index is 462. The molecule has 0 aliphatic carbocycles. The van der Waals surface area contributed by atoms with E-state index >= 15 is 0 Å². The SMILES string of the molecule is CCC(C)N(C)C(=O)Cc1cc(OC)c(OC)c(OC)c1. The fraction of sp³-hybridized carbons (Fsp3) is 0.562. The maximum absolute atomic E-state index is 12.3. The molecule has 0 fully saturated rings. The summed E-state index contributed by atoms with van der Waals surface area (Å²) in [5.41, 5.74) is 0.838. The van der Waals surface area contributed by atoms with Crippen LogP contribution in [0, 0.1) is 0 Å². The predicted octanol–water partition coefficient (Wildman–Crippen LogP) is 2.51. The van der Waals surface area contributed by atoms with Crippen molar-refractivity contribution in [3.05, 3.63) is 17.7 Å². The number of benzene rings is 1. The number of rotatable bonds is 7. The first-order chi connectivity index (χ1) is 9.98. The number of amides is 1. The van der Waals surface area contributed by atoms with Crippen LogP contribution in [0.4, 0.5) is 0 Å². The number of hydrogen-bond donors (Lipinski definition) is 0. The van der Waals surface area contributed by atoms with Crippen LogP contribution in [0.15, 0.2) is 12.1 Å². The van der Waals surface area contributed by atoms with Crippen molar-refractivity contribution in [2.45, 2.75) is 32.7 Å². The molecule has 0 N–H and O–H groups in total. The second kappa shape index (κ2) is 7.76. The number of ether oxygens (including phenoxy) is 3. The van der Waals surface area contributed by atoms with Crippen LogP contribution in [0.25, 0.3) is 0 Å². The first kappa shape index (κ1) is 17.1. The van der Waals surface area contributed by atoms with Crippen molar-refractivity contribution in [2.24, 2.45) is 0 Å². The molecule has 0 saturated heterocycles. The summed E-state index contributed by atoms with van der Waals surface area (Å²) in [7, 11) is 6.51. The van der Waals surface area contributed by atoms with Gasteiger partial charge in [-0.25, -0.2) is 0 Å². The van der Waals surface area contributed by atoms with Crippen LogP contribution in [-0.4, -0.2) is 45.2 Å². The quantitative estimate of drug-likeness (QED) is 0.775. The van der Waals surface area contributed by atoms with Gasteiger partial charge in [0.05, 0.1) is 27.8 Å². The van der Waals surface area contributed by atoms with Gasteiger partial charge in [-0.3, -0.25) is 4.79 Å². The van der Waals surface area contributed by atoms with E-state index in [1.54, 1.807) is 26.2 Å². The van der Waals surface area contributed by atoms with Crippen LogP contribution in [0.1, 0.15) is 25.8 Å². The fourth-order valence-electron chi connectivity index (χ4n) is 2.06. The van der Waals surface area contributed by atoms with E-state index in [4.69, 9.17) is 14.2 Å². The van der Waals surface area contributed by atoms with Crippen LogP contribution in [0.5, 0.6) is 17.2 Å². The minimum Gasteiger partial charge on any atom is -0.493 e.